The van der Waals surface area contributed by atoms with E-state index in [1.807, 2.05) is 37.3 Å². The molecule has 0 saturated carbocycles. The maximum Gasteiger partial charge on any atom is 0.270 e. The lowest BCUT2D eigenvalue weighted by molar-refractivity contribution is -0.127. The highest BCUT2D eigenvalue weighted by Gasteiger charge is 2.40. The first kappa shape index (κ1) is 21.0. The number of thiocarbonyl (C=S) groups is 1. The van der Waals surface area contributed by atoms with Crippen LogP contribution in [-0.2, 0) is 9.59 Å². The molecule has 0 aliphatic carbocycles. The first-order valence-electron chi connectivity index (χ1n) is 9.82. The van der Waals surface area contributed by atoms with Gasteiger partial charge in [0.1, 0.15) is 17.1 Å². The van der Waals surface area contributed by atoms with Crippen LogP contribution in [0.4, 0.5) is 5.69 Å². The summed E-state index contributed by atoms with van der Waals surface area (Å²) >= 11 is 11.6. The summed E-state index contributed by atoms with van der Waals surface area (Å²) < 4.78 is 5.88. The molecule has 4 rings (SSSR count). The van der Waals surface area contributed by atoms with Gasteiger partial charge < -0.3 is 4.42 Å². The molecule has 2 heterocycles. The Kier molecular flexibility index (Phi) is 6.02. The number of anilines is 1. The lowest BCUT2D eigenvalue weighted by Crippen LogP contribution is -2.56. The second kappa shape index (κ2) is 8.88. The fourth-order valence-electron chi connectivity index (χ4n) is 3.37. The van der Waals surface area contributed by atoms with Crippen molar-refractivity contribution in [3.05, 3.63) is 83.1 Å². The highest BCUT2D eigenvalue weighted by Crippen LogP contribution is 2.29. The van der Waals surface area contributed by atoms with Crippen LogP contribution in [0.15, 0.2) is 76.7 Å². The van der Waals surface area contributed by atoms with Gasteiger partial charge in [-0.25, -0.2) is 0 Å². The molecule has 31 heavy (non-hydrogen) atoms. The van der Waals surface area contributed by atoms with Crippen LogP contribution in [0.2, 0.25) is 5.02 Å². The van der Waals surface area contributed by atoms with E-state index < -0.39 is 11.8 Å². The number of rotatable bonds is 5. The first-order valence-corrected chi connectivity index (χ1v) is 10.6. The van der Waals surface area contributed by atoms with Gasteiger partial charge in [-0.15, -0.1) is 0 Å². The lowest BCUT2D eigenvalue weighted by Gasteiger charge is -2.36. The van der Waals surface area contributed by atoms with Crippen molar-refractivity contribution in [3.8, 4) is 11.3 Å². The van der Waals surface area contributed by atoms with Crippen molar-refractivity contribution in [2.24, 2.45) is 0 Å². The Labute approximate surface area is 190 Å². The predicted molar refractivity (Wildman–Crippen MR) is 126 cm³/mol. The summed E-state index contributed by atoms with van der Waals surface area (Å²) in [7, 11) is 0. The quantitative estimate of drug-likeness (QED) is 0.290. The smallest absolute Gasteiger partial charge is 0.270 e. The largest absolute Gasteiger partial charge is 0.457 e. The van der Waals surface area contributed by atoms with Crippen LogP contribution in [0.25, 0.3) is 17.4 Å². The highest BCUT2D eigenvalue weighted by molar-refractivity contribution is 7.80. The standard InChI is InChI=1S/C24H19ClN2O3S/c1-2-13-26-22(28)20(23(29)27(24(26)31)18-9-4-3-5-10-18)15-19-11-12-21(30-19)16-7-6-8-17(25)14-16/h3-12,14-15H,2,13H2,1H3/b20-15+. The van der Waals surface area contributed by atoms with Gasteiger partial charge in [-0.3, -0.25) is 19.4 Å². The lowest BCUT2D eigenvalue weighted by atomic mass is 10.1. The monoisotopic (exact) mass is 450 g/mol. The maximum absolute atomic E-state index is 13.3. The average Bonchev–Trinajstić information content (AvgIpc) is 3.24. The Morgan fingerprint density at radius 1 is 1.00 bits per heavy atom. The number of amides is 2. The number of hydrogen-bond acceptors (Lipinski definition) is 4. The molecule has 1 aliphatic heterocycles. The molecule has 0 unspecified atom stereocenters. The van der Waals surface area contributed by atoms with Gasteiger partial charge in [0.2, 0.25) is 0 Å². The van der Waals surface area contributed by atoms with Crippen LogP contribution in [-0.4, -0.2) is 28.4 Å². The van der Waals surface area contributed by atoms with Crippen molar-refractivity contribution >= 4 is 52.5 Å². The molecule has 1 aliphatic rings. The summed E-state index contributed by atoms with van der Waals surface area (Å²) in [5.74, 6) is 0.0776. The zero-order valence-corrected chi connectivity index (χ0v) is 18.3. The van der Waals surface area contributed by atoms with Crippen molar-refractivity contribution in [1.82, 2.24) is 4.90 Å². The topological polar surface area (TPSA) is 53.8 Å². The van der Waals surface area contributed by atoms with E-state index in [0.717, 1.165) is 5.56 Å². The predicted octanol–water partition coefficient (Wildman–Crippen LogP) is 5.55. The zero-order valence-electron chi connectivity index (χ0n) is 16.7. The minimum atomic E-state index is -0.478. The number of benzene rings is 2. The van der Waals surface area contributed by atoms with Crippen LogP contribution >= 0.6 is 23.8 Å². The summed E-state index contributed by atoms with van der Waals surface area (Å²) in [6, 6.07) is 19.8. The van der Waals surface area contributed by atoms with Gasteiger partial charge in [0.25, 0.3) is 11.8 Å². The molecule has 0 atom stereocenters. The highest BCUT2D eigenvalue weighted by atomic mass is 35.5. The Morgan fingerprint density at radius 2 is 1.77 bits per heavy atom. The molecule has 0 radical (unpaired) electrons. The summed E-state index contributed by atoms with van der Waals surface area (Å²) in [5, 5.41) is 0.771. The van der Waals surface area contributed by atoms with E-state index in [1.165, 1.54) is 15.9 Å². The molecular formula is C24H19ClN2O3S. The summed E-state index contributed by atoms with van der Waals surface area (Å²) in [6.07, 6.45) is 2.18. The van der Waals surface area contributed by atoms with Crippen molar-refractivity contribution in [2.45, 2.75) is 13.3 Å². The average molecular weight is 451 g/mol. The second-order valence-electron chi connectivity index (χ2n) is 6.99. The van der Waals surface area contributed by atoms with Crippen LogP contribution in [0.3, 0.4) is 0 Å². The maximum atomic E-state index is 13.3. The molecule has 0 bridgehead atoms. The molecule has 1 saturated heterocycles. The van der Waals surface area contributed by atoms with Gasteiger partial charge in [-0.2, -0.15) is 0 Å². The molecule has 0 N–H and O–H groups in total. The third-order valence-electron chi connectivity index (χ3n) is 4.82. The van der Waals surface area contributed by atoms with Crippen molar-refractivity contribution in [2.75, 3.05) is 11.4 Å². The zero-order chi connectivity index (χ0) is 22.0. The van der Waals surface area contributed by atoms with Gasteiger partial charge in [0.15, 0.2) is 5.11 Å². The first-order chi connectivity index (χ1) is 15.0. The van der Waals surface area contributed by atoms with E-state index in [0.29, 0.717) is 35.2 Å². The van der Waals surface area contributed by atoms with E-state index in [-0.39, 0.29) is 10.7 Å². The van der Waals surface area contributed by atoms with E-state index in [1.54, 1.807) is 36.4 Å². The van der Waals surface area contributed by atoms with Gasteiger partial charge in [-0.05, 0) is 61.1 Å². The molecular weight excluding hydrogens is 432 g/mol. The Hall–Kier alpha value is -3.22. The second-order valence-corrected chi connectivity index (χ2v) is 7.79. The summed E-state index contributed by atoms with van der Waals surface area (Å²) in [4.78, 5) is 29.2. The third kappa shape index (κ3) is 4.17. The minimum Gasteiger partial charge on any atom is -0.457 e. The normalized spacial score (nSPS) is 15.8. The van der Waals surface area contributed by atoms with Gasteiger partial charge in [0, 0.05) is 17.1 Å². The molecule has 156 valence electrons. The number of carbonyl (C=O) groups excluding carboxylic acids is 2. The number of para-hydroxylation sites is 1. The molecule has 1 fully saturated rings. The van der Waals surface area contributed by atoms with E-state index in [9.17, 15) is 9.59 Å². The number of nitrogens with zero attached hydrogens (tertiary/aromatic N) is 2. The fraction of sp³-hybridized carbons (Fsp3) is 0.125. The van der Waals surface area contributed by atoms with Crippen molar-refractivity contribution in [3.63, 3.8) is 0 Å². The van der Waals surface area contributed by atoms with Gasteiger partial charge >= 0.3 is 0 Å². The molecule has 5 nitrogen and oxygen atoms in total. The molecule has 1 aromatic heterocycles. The fourth-order valence-corrected chi connectivity index (χ4v) is 3.92. The molecule has 0 spiro atoms. The number of halogens is 1. The number of hydrogen-bond donors (Lipinski definition) is 0. The van der Waals surface area contributed by atoms with Crippen molar-refractivity contribution < 1.29 is 14.0 Å². The van der Waals surface area contributed by atoms with E-state index >= 15 is 0 Å². The summed E-state index contributed by atoms with van der Waals surface area (Å²) in [5.41, 5.74) is 1.41. The van der Waals surface area contributed by atoms with Crippen LogP contribution in [0.1, 0.15) is 19.1 Å². The van der Waals surface area contributed by atoms with Crippen molar-refractivity contribution in [1.29, 1.82) is 0 Å². The molecule has 7 heteroatoms. The van der Waals surface area contributed by atoms with E-state index in [4.69, 9.17) is 28.2 Å². The molecule has 2 amide bonds. The van der Waals surface area contributed by atoms with Gasteiger partial charge in [0.05, 0.1) is 5.69 Å². The van der Waals surface area contributed by atoms with Crippen LogP contribution in [0.5, 0.6) is 0 Å². The van der Waals surface area contributed by atoms with E-state index in [2.05, 4.69) is 0 Å². The SMILES string of the molecule is CCCN1C(=O)/C(=C\c2ccc(-c3cccc(Cl)c3)o2)C(=O)N(c2ccccc2)C1=S. The van der Waals surface area contributed by atoms with Crippen LogP contribution < -0.4 is 4.90 Å². The Bertz CT molecular complexity index is 1190. The van der Waals surface area contributed by atoms with Gasteiger partial charge in [-0.1, -0.05) is 48.9 Å². The molecule has 2 aromatic carbocycles. The van der Waals surface area contributed by atoms with Crippen LogP contribution in [0, 0.1) is 0 Å². The third-order valence-corrected chi connectivity index (χ3v) is 5.45. The minimum absolute atomic E-state index is 0.00195. The number of furan rings is 1. The molecule has 3 aromatic rings. The summed E-state index contributed by atoms with van der Waals surface area (Å²) in [6.45, 7) is 2.36. The number of carbonyl (C=O) groups is 2. The Balaban J connectivity index is 1.73. The Morgan fingerprint density at radius 3 is 2.48 bits per heavy atom.